The van der Waals surface area contributed by atoms with Crippen molar-refractivity contribution in [3.63, 3.8) is 0 Å². The Morgan fingerprint density at radius 1 is 0.938 bits per heavy atom. The third-order valence-corrected chi connectivity index (χ3v) is 8.12. The van der Waals surface area contributed by atoms with Gasteiger partial charge in [0, 0.05) is 23.0 Å². The van der Waals surface area contributed by atoms with Crippen molar-refractivity contribution in [3.05, 3.63) is 36.0 Å². The number of nitrogens with one attached hydrogen (secondary N) is 1. The van der Waals surface area contributed by atoms with E-state index in [1.54, 1.807) is 0 Å². The van der Waals surface area contributed by atoms with Crippen LogP contribution in [0, 0.1) is 0 Å². The predicted octanol–water partition coefficient (Wildman–Crippen LogP) is 5.42. The van der Waals surface area contributed by atoms with Gasteiger partial charge >= 0.3 is 0 Å². The maximum absolute atomic E-state index is 14.0. The number of benzene rings is 1. The largest absolute Gasteiger partial charge is 0.351 e. The van der Waals surface area contributed by atoms with E-state index in [4.69, 9.17) is 0 Å². The number of nitrogens with zero attached hydrogens (tertiary/aromatic N) is 2. The molecular formula is C27H37N3O2. The summed E-state index contributed by atoms with van der Waals surface area (Å²) in [5, 5.41) is 4.47. The zero-order chi connectivity index (χ0) is 22.1. The minimum Gasteiger partial charge on any atom is -0.351 e. The fourth-order valence-corrected chi connectivity index (χ4v) is 6.32. The molecule has 5 nitrogen and oxygen atoms in total. The van der Waals surface area contributed by atoms with Crippen LogP contribution in [0.4, 0.5) is 0 Å². The molecule has 1 atom stereocenters. The van der Waals surface area contributed by atoms with Crippen molar-refractivity contribution in [3.8, 4) is 0 Å². The van der Waals surface area contributed by atoms with Gasteiger partial charge in [0.25, 0.3) is 5.91 Å². The Morgan fingerprint density at radius 3 is 2.25 bits per heavy atom. The van der Waals surface area contributed by atoms with Crippen LogP contribution in [-0.4, -0.2) is 38.9 Å². The van der Waals surface area contributed by atoms with Gasteiger partial charge < -0.3 is 14.8 Å². The first-order valence-electron chi connectivity index (χ1n) is 12.8. The summed E-state index contributed by atoms with van der Waals surface area (Å²) in [5.41, 5.74) is 0.910. The van der Waals surface area contributed by atoms with E-state index in [0.29, 0.717) is 6.54 Å². The molecule has 5 heteroatoms. The average Bonchev–Trinajstić information content (AvgIpc) is 2.99. The number of hydrogen-bond acceptors (Lipinski definition) is 2. The summed E-state index contributed by atoms with van der Waals surface area (Å²) >= 11 is 0. The van der Waals surface area contributed by atoms with E-state index < -0.39 is 5.54 Å². The highest BCUT2D eigenvalue weighted by molar-refractivity contribution is 6.03. The molecule has 2 aliphatic carbocycles. The second kappa shape index (κ2) is 8.92. The van der Waals surface area contributed by atoms with E-state index >= 15 is 0 Å². The summed E-state index contributed by atoms with van der Waals surface area (Å²) in [6, 6.07) is 10.5. The van der Waals surface area contributed by atoms with Crippen LogP contribution in [0.1, 0.15) is 94.5 Å². The normalized spacial score (nSPS) is 25.9. The summed E-state index contributed by atoms with van der Waals surface area (Å²) in [6.45, 7) is 2.54. The number of fused-ring (bicyclic) bond motifs is 3. The maximum Gasteiger partial charge on any atom is 0.271 e. The molecule has 0 saturated heterocycles. The van der Waals surface area contributed by atoms with E-state index in [1.165, 1.54) is 38.5 Å². The molecule has 0 bridgehead atoms. The van der Waals surface area contributed by atoms with Gasteiger partial charge in [-0.25, -0.2) is 0 Å². The lowest BCUT2D eigenvalue weighted by Gasteiger charge is -2.48. The molecule has 1 aromatic heterocycles. The van der Waals surface area contributed by atoms with Crippen LogP contribution in [-0.2, 0) is 11.3 Å². The summed E-state index contributed by atoms with van der Waals surface area (Å²) in [7, 11) is 0. The molecule has 3 aliphatic rings. The van der Waals surface area contributed by atoms with Crippen LogP contribution in [0.2, 0.25) is 0 Å². The van der Waals surface area contributed by atoms with E-state index in [-0.39, 0.29) is 23.9 Å². The monoisotopic (exact) mass is 435 g/mol. The Kier molecular flexibility index (Phi) is 6.00. The third kappa shape index (κ3) is 3.84. The van der Waals surface area contributed by atoms with Crippen LogP contribution in [0.25, 0.3) is 10.9 Å². The van der Waals surface area contributed by atoms with Crippen LogP contribution >= 0.6 is 0 Å². The Balaban J connectivity index is 1.53. The Bertz CT molecular complexity index is 980. The van der Waals surface area contributed by atoms with Crippen LogP contribution in [0.15, 0.2) is 30.3 Å². The van der Waals surface area contributed by atoms with Gasteiger partial charge in [0.2, 0.25) is 5.91 Å². The Morgan fingerprint density at radius 2 is 1.56 bits per heavy atom. The molecule has 2 saturated carbocycles. The summed E-state index contributed by atoms with van der Waals surface area (Å²) in [4.78, 5) is 29.9. The Hall–Kier alpha value is -2.30. The molecule has 5 rings (SSSR count). The summed E-state index contributed by atoms with van der Waals surface area (Å²) in [6.07, 6.45) is 13.7. The lowest BCUT2D eigenvalue weighted by atomic mass is 9.89. The molecule has 0 spiro atoms. The second-order valence-electron chi connectivity index (χ2n) is 10.4. The molecule has 1 N–H and O–H groups in total. The van der Waals surface area contributed by atoms with E-state index in [1.807, 2.05) is 30.0 Å². The zero-order valence-corrected chi connectivity index (χ0v) is 19.4. The van der Waals surface area contributed by atoms with Gasteiger partial charge in [0.05, 0.1) is 6.54 Å². The fourth-order valence-electron chi connectivity index (χ4n) is 6.32. The number of para-hydroxylation sites is 1. The van der Waals surface area contributed by atoms with Gasteiger partial charge in [0.15, 0.2) is 0 Å². The maximum atomic E-state index is 14.0. The highest BCUT2D eigenvalue weighted by Crippen LogP contribution is 2.37. The Labute approximate surface area is 191 Å². The van der Waals surface area contributed by atoms with Crippen molar-refractivity contribution in [1.82, 2.24) is 14.8 Å². The van der Waals surface area contributed by atoms with Crippen molar-refractivity contribution >= 4 is 22.7 Å². The smallest absolute Gasteiger partial charge is 0.271 e. The molecule has 1 aliphatic heterocycles. The topological polar surface area (TPSA) is 54.3 Å². The van der Waals surface area contributed by atoms with Crippen molar-refractivity contribution in [2.75, 3.05) is 0 Å². The molecule has 2 amide bonds. The van der Waals surface area contributed by atoms with E-state index in [9.17, 15) is 9.59 Å². The molecule has 32 heavy (non-hydrogen) atoms. The van der Waals surface area contributed by atoms with Crippen molar-refractivity contribution in [1.29, 1.82) is 0 Å². The highest BCUT2D eigenvalue weighted by Gasteiger charge is 2.50. The third-order valence-electron chi connectivity index (χ3n) is 8.12. The SMILES string of the molecule is CC1(C(=O)NC2CCCCCC2)Cn2c(cc3ccccc32)C(=O)N1C1CCCCCC1. The standard InChI is InChI=1S/C27H37N3O2/c1-27(26(32)28-21-13-6-2-3-7-14-21)19-29-23-17-11-10-12-20(23)18-24(29)25(31)30(27)22-15-8-4-5-9-16-22/h10-12,17-18,21-22H,2-9,13-16,19H2,1H3,(H,28,32). The first-order valence-corrected chi connectivity index (χ1v) is 12.8. The van der Waals surface area contributed by atoms with Gasteiger partial charge in [-0.15, -0.1) is 0 Å². The first kappa shape index (κ1) is 21.5. The number of carbonyl (C=O) groups excluding carboxylic acids is 2. The van der Waals surface area contributed by atoms with Gasteiger partial charge in [-0.2, -0.15) is 0 Å². The van der Waals surface area contributed by atoms with Crippen LogP contribution in [0.3, 0.4) is 0 Å². The van der Waals surface area contributed by atoms with Crippen molar-refractivity contribution in [2.24, 2.45) is 0 Å². The lowest BCUT2D eigenvalue weighted by molar-refractivity contribution is -0.135. The molecule has 2 heterocycles. The zero-order valence-electron chi connectivity index (χ0n) is 19.4. The lowest BCUT2D eigenvalue weighted by Crippen LogP contribution is -2.67. The average molecular weight is 436 g/mol. The minimum atomic E-state index is -0.868. The number of rotatable bonds is 3. The fraction of sp³-hybridized carbons (Fsp3) is 0.630. The molecule has 1 unspecified atom stereocenters. The van der Waals surface area contributed by atoms with Gasteiger partial charge in [-0.05, 0) is 44.7 Å². The van der Waals surface area contributed by atoms with Gasteiger partial charge in [-0.1, -0.05) is 69.6 Å². The minimum absolute atomic E-state index is 0.0258. The molecular weight excluding hydrogens is 398 g/mol. The highest BCUT2D eigenvalue weighted by atomic mass is 16.2. The number of amides is 2. The van der Waals surface area contributed by atoms with E-state index in [2.05, 4.69) is 22.0 Å². The molecule has 0 radical (unpaired) electrons. The quantitative estimate of drug-likeness (QED) is 0.655. The number of carbonyl (C=O) groups is 2. The van der Waals surface area contributed by atoms with Gasteiger partial charge in [0.1, 0.15) is 11.2 Å². The predicted molar refractivity (Wildman–Crippen MR) is 128 cm³/mol. The first-order chi connectivity index (χ1) is 15.6. The second-order valence-corrected chi connectivity index (χ2v) is 10.4. The van der Waals surface area contributed by atoms with Crippen molar-refractivity contribution in [2.45, 2.75) is 108 Å². The molecule has 172 valence electrons. The van der Waals surface area contributed by atoms with Crippen LogP contribution in [0.5, 0.6) is 0 Å². The molecule has 1 aromatic carbocycles. The summed E-state index contributed by atoms with van der Waals surface area (Å²) < 4.78 is 2.09. The van der Waals surface area contributed by atoms with Crippen LogP contribution < -0.4 is 5.32 Å². The number of hydrogen-bond donors (Lipinski definition) is 1. The summed E-state index contributed by atoms with van der Waals surface area (Å²) in [5.74, 6) is 0.0586. The molecule has 2 aromatic rings. The van der Waals surface area contributed by atoms with Gasteiger partial charge in [-0.3, -0.25) is 9.59 Å². The number of aromatic nitrogens is 1. The van der Waals surface area contributed by atoms with E-state index in [0.717, 1.165) is 55.1 Å². The molecule has 2 fully saturated rings. The van der Waals surface area contributed by atoms with Crippen molar-refractivity contribution < 1.29 is 9.59 Å².